The molecule has 2 aliphatic rings. The molecule has 5 heteroatoms. The second kappa shape index (κ2) is 5.36. The summed E-state index contributed by atoms with van der Waals surface area (Å²) < 4.78 is 18.3. The van der Waals surface area contributed by atoms with Crippen LogP contribution in [0.5, 0.6) is 0 Å². The Balaban J connectivity index is 1.91. The van der Waals surface area contributed by atoms with Gasteiger partial charge in [-0.1, -0.05) is 6.92 Å². The third-order valence-electron chi connectivity index (χ3n) is 4.86. The summed E-state index contributed by atoms with van der Waals surface area (Å²) in [6.07, 6.45) is 1.57. The Kier molecular flexibility index (Phi) is 4.31. The number of hydrogen-bond donors (Lipinski definition) is 1. The fraction of sp³-hybridized carbons (Fsp3) is 1.00. The van der Waals surface area contributed by atoms with E-state index in [0.29, 0.717) is 6.10 Å². The van der Waals surface area contributed by atoms with Crippen LogP contribution in [-0.4, -0.2) is 43.6 Å². The van der Waals surface area contributed by atoms with Crippen LogP contribution in [0.15, 0.2) is 0 Å². The SMILES string of the molecule is CC(O[C@H]1CCNC1)[C@H](C)B1OC(C)(C)C(C)(C)O1. The van der Waals surface area contributed by atoms with E-state index in [1.54, 1.807) is 0 Å². The van der Waals surface area contributed by atoms with Crippen molar-refractivity contribution in [2.24, 2.45) is 0 Å². The first kappa shape index (κ1) is 15.3. The number of nitrogens with one attached hydrogen (secondary N) is 1. The molecule has 110 valence electrons. The molecule has 3 atom stereocenters. The fourth-order valence-electron chi connectivity index (χ4n) is 2.50. The molecule has 0 aromatic heterocycles. The Morgan fingerprint density at radius 2 is 1.74 bits per heavy atom. The van der Waals surface area contributed by atoms with E-state index >= 15 is 0 Å². The van der Waals surface area contributed by atoms with E-state index in [9.17, 15) is 0 Å². The highest BCUT2D eigenvalue weighted by Gasteiger charge is 2.53. The van der Waals surface area contributed by atoms with Crippen LogP contribution in [0.2, 0.25) is 5.82 Å². The largest absolute Gasteiger partial charge is 0.463 e. The van der Waals surface area contributed by atoms with Crippen LogP contribution < -0.4 is 5.32 Å². The smallest absolute Gasteiger partial charge is 0.403 e. The van der Waals surface area contributed by atoms with E-state index in [1.165, 1.54) is 0 Å². The Bertz CT molecular complexity index is 300. The molecule has 0 amide bonds. The zero-order valence-electron chi connectivity index (χ0n) is 13.2. The summed E-state index contributed by atoms with van der Waals surface area (Å²) in [5.74, 6) is 0.224. The second-order valence-electron chi connectivity index (χ2n) is 6.94. The van der Waals surface area contributed by atoms with Crippen LogP contribution in [-0.2, 0) is 14.0 Å². The van der Waals surface area contributed by atoms with Crippen molar-refractivity contribution in [3.63, 3.8) is 0 Å². The van der Waals surface area contributed by atoms with Gasteiger partial charge in [-0.25, -0.2) is 0 Å². The first-order valence-electron chi connectivity index (χ1n) is 7.45. The van der Waals surface area contributed by atoms with Gasteiger partial charge in [0.1, 0.15) is 0 Å². The molecule has 2 rings (SSSR count). The molecular formula is C14H28BNO3. The molecule has 4 nitrogen and oxygen atoms in total. The van der Waals surface area contributed by atoms with Crippen molar-refractivity contribution >= 4 is 7.12 Å². The Morgan fingerprint density at radius 1 is 1.16 bits per heavy atom. The molecule has 0 aliphatic carbocycles. The standard InChI is InChI=1S/C14H28BNO3/c1-10(11(2)17-12-7-8-16-9-12)15-18-13(3,4)14(5,6)19-15/h10-12,16H,7-9H2,1-6H3/t10-,11?,12-/m0/s1. The zero-order chi connectivity index (χ0) is 14.3. The van der Waals surface area contributed by atoms with Crippen LogP contribution in [0.25, 0.3) is 0 Å². The van der Waals surface area contributed by atoms with E-state index < -0.39 is 0 Å². The van der Waals surface area contributed by atoms with Crippen LogP contribution in [0, 0.1) is 0 Å². The summed E-state index contributed by atoms with van der Waals surface area (Å²) >= 11 is 0. The topological polar surface area (TPSA) is 39.7 Å². The lowest BCUT2D eigenvalue weighted by atomic mass is 9.70. The molecule has 0 radical (unpaired) electrons. The zero-order valence-corrected chi connectivity index (χ0v) is 13.2. The van der Waals surface area contributed by atoms with Gasteiger partial charge in [-0.05, 0) is 47.6 Å². The van der Waals surface area contributed by atoms with Crippen LogP contribution in [0.1, 0.15) is 48.0 Å². The summed E-state index contributed by atoms with van der Waals surface area (Å²) in [6.45, 7) is 14.6. The minimum absolute atomic E-state index is 0.139. The van der Waals surface area contributed by atoms with Crippen molar-refractivity contribution < 1.29 is 14.0 Å². The minimum atomic E-state index is -0.263. The average molecular weight is 269 g/mol. The van der Waals surface area contributed by atoms with Crippen molar-refractivity contribution in [3.05, 3.63) is 0 Å². The van der Waals surface area contributed by atoms with Gasteiger partial charge in [0.2, 0.25) is 0 Å². The van der Waals surface area contributed by atoms with Crippen molar-refractivity contribution in [2.45, 2.75) is 77.2 Å². The van der Waals surface area contributed by atoms with E-state index in [1.807, 2.05) is 0 Å². The molecule has 0 aromatic rings. The molecule has 1 unspecified atom stereocenters. The van der Waals surface area contributed by atoms with Gasteiger partial charge in [0.15, 0.2) is 0 Å². The molecule has 0 spiro atoms. The van der Waals surface area contributed by atoms with Crippen LogP contribution >= 0.6 is 0 Å². The number of hydrogen-bond acceptors (Lipinski definition) is 4. The lowest BCUT2D eigenvalue weighted by Gasteiger charge is -2.32. The van der Waals surface area contributed by atoms with Gasteiger partial charge in [-0.15, -0.1) is 0 Å². The predicted octanol–water partition coefficient (Wildman–Crippen LogP) is 2.24. The quantitative estimate of drug-likeness (QED) is 0.794. The maximum Gasteiger partial charge on any atom is 0.463 e. The minimum Gasteiger partial charge on any atom is -0.403 e. The van der Waals surface area contributed by atoms with Gasteiger partial charge < -0.3 is 19.4 Å². The van der Waals surface area contributed by atoms with Gasteiger partial charge in [0.05, 0.1) is 23.4 Å². The normalized spacial score (nSPS) is 32.5. The van der Waals surface area contributed by atoms with Crippen molar-refractivity contribution in [3.8, 4) is 0 Å². The summed E-state index contributed by atoms with van der Waals surface area (Å²) in [4.78, 5) is 0. The molecular weight excluding hydrogens is 241 g/mol. The Morgan fingerprint density at radius 3 is 2.21 bits per heavy atom. The lowest BCUT2D eigenvalue weighted by Crippen LogP contribution is -2.41. The third-order valence-corrected chi connectivity index (χ3v) is 4.86. The van der Waals surface area contributed by atoms with E-state index in [4.69, 9.17) is 14.0 Å². The lowest BCUT2D eigenvalue weighted by molar-refractivity contribution is 0.00258. The van der Waals surface area contributed by atoms with Crippen molar-refractivity contribution in [1.29, 1.82) is 0 Å². The first-order chi connectivity index (χ1) is 8.73. The molecule has 2 saturated heterocycles. The van der Waals surface area contributed by atoms with Gasteiger partial charge in [0, 0.05) is 12.4 Å². The molecule has 0 aromatic carbocycles. The van der Waals surface area contributed by atoms with E-state index in [2.05, 4.69) is 46.9 Å². The third kappa shape index (κ3) is 3.15. The maximum atomic E-state index is 6.10. The highest BCUT2D eigenvalue weighted by molar-refractivity contribution is 6.47. The molecule has 2 fully saturated rings. The molecule has 19 heavy (non-hydrogen) atoms. The van der Waals surface area contributed by atoms with Crippen LogP contribution in [0.3, 0.4) is 0 Å². The Labute approximate surface area is 117 Å². The molecule has 0 saturated carbocycles. The predicted molar refractivity (Wildman–Crippen MR) is 77.3 cm³/mol. The number of rotatable bonds is 4. The van der Waals surface area contributed by atoms with Gasteiger partial charge in [0.25, 0.3) is 0 Å². The molecule has 1 N–H and O–H groups in total. The summed E-state index contributed by atoms with van der Waals surface area (Å²) in [7, 11) is -0.186. The molecule has 2 heterocycles. The summed E-state index contributed by atoms with van der Waals surface area (Å²) in [5.41, 5.74) is -0.527. The monoisotopic (exact) mass is 269 g/mol. The van der Waals surface area contributed by atoms with Crippen LogP contribution in [0.4, 0.5) is 0 Å². The maximum absolute atomic E-state index is 6.10. The first-order valence-corrected chi connectivity index (χ1v) is 7.45. The summed E-state index contributed by atoms with van der Waals surface area (Å²) in [6, 6.07) is 0. The van der Waals surface area contributed by atoms with Gasteiger partial charge >= 0.3 is 7.12 Å². The summed E-state index contributed by atoms with van der Waals surface area (Å²) in [5, 5.41) is 3.32. The average Bonchev–Trinajstić information content (AvgIpc) is 2.85. The highest BCUT2D eigenvalue weighted by Crippen LogP contribution is 2.41. The Hall–Kier alpha value is -0.0951. The second-order valence-corrected chi connectivity index (χ2v) is 6.94. The van der Waals surface area contributed by atoms with E-state index in [0.717, 1.165) is 19.5 Å². The molecule has 2 aliphatic heterocycles. The van der Waals surface area contributed by atoms with E-state index in [-0.39, 0.29) is 30.2 Å². The van der Waals surface area contributed by atoms with Gasteiger partial charge in [-0.3, -0.25) is 0 Å². The van der Waals surface area contributed by atoms with Crippen molar-refractivity contribution in [1.82, 2.24) is 5.32 Å². The number of ether oxygens (including phenoxy) is 1. The molecule has 0 bridgehead atoms. The van der Waals surface area contributed by atoms with Crippen molar-refractivity contribution in [2.75, 3.05) is 13.1 Å². The highest BCUT2D eigenvalue weighted by atomic mass is 16.7. The fourth-order valence-corrected chi connectivity index (χ4v) is 2.50. The van der Waals surface area contributed by atoms with Gasteiger partial charge in [-0.2, -0.15) is 0 Å².